The van der Waals surface area contributed by atoms with E-state index >= 15 is 0 Å². The molecule has 0 aliphatic carbocycles. The van der Waals surface area contributed by atoms with Crippen LogP contribution in [0.3, 0.4) is 0 Å². The smallest absolute Gasteiger partial charge is 0.321 e. The van der Waals surface area contributed by atoms with Gasteiger partial charge in [0.05, 0.1) is 11.1 Å². The minimum atomic E-state index is -0.954. The third-order valence-electron chi connectivity index (χ3n) is 3.38. The van der Waals surface area contributed by atoms with Crippen LogP contribution in [0.4, 0.5) is 9.93 Å². The number of aryl methyl sites for hydroxylation is 2. The second-order valence-electron chi connectivity index (χ2n) is 4.90. The highest BCUT2D eigenvalue weighted by atomic mass is 32.1. The van der Waals surface area contributed by atoms with Gasteiger partial charge in [-0.05, 0) is 26.7 Å². The topological polar surface area (TPSA) is 91.3 Å². The lowest BCUT2D eigenvalue weighted by molar-refractivity contribution is -0.147. The largest absolute Gasteiger partial charge is 0.481 e. The van der Waals surface area contributed by atoms with Crippen LogP contribution in [-0.4, -0.2) is 28.6 Å². The van der Waals surface area contributed by atoms with Crippen molar-refractivity contribution in [3.05, 3.63) is 10.6 Å². The number of carbonyl (C=O) groups is 2. The van der Waals surface area contributed by atoms with Crippen molar-refractivity contribution in [1.29, 1.82) is 0 Å². The highest BCUT2D eigenvalue weighted by Crippen LogP contribution is 2.23. The van der Waals surface area contributed by atoms with Crippen LogP contribution in [0.2, 0.25) is 0 Å². The number of carbonyl (C=O) groups excluding carboxylic acids is 1. The van der Waals surface area contributed by atoms with Crippen molar-refractivity contribution in [2.24, 2.45) is 5.41 Å². The third kappa shape index (κ3) is 3.93. The molecular formula is C13H21N3O3S. The second-order valence-corrected chi connectivity index (χ2v) is 6.11. The monoisotopic (exact) mass is 299 g/mol. The van der Waals surface area contributed by atoms with Crippen molar-refractivity contribution in [2.75, 3.05) is 11.9 Å². The van der Waals surface area contributed by atoms with Crippen molar-refractivity contribution >= 4 is 28.5 Å². The molecule has 1 aromatic heterocycles. The number of hydrogen-bond acceptors (Lipinski definition) is 4. The van der Waals surface area contributed by atoms with Gasteiger partial charge in [0.2, 0.25) is 0 Å². The zero-order chi connectivity index (χ0) is 15.3. The predicted molar refractivity (Wildman–Crippen MR) is 79.3 cm³/mol. The van der Waals surface area contributed by atoms with Gasteiger partial charge < -0.3 is 10.4 Å². The average molecular weight is 299 g/mol. The van der Waals surface area contributed by atoms with Gasteiger partial charge in [-0.15, -0.1) is 11.3 Å². The SMILES string of the molecule is CCc1nc(NC(=O)NCC(C)(CC)C(=O)O)sc1C. The number of nitrogens with zero attached hydrogens (tertiary/aromatic N) is 1. The number of rotatable bonds is 6. The molecule has 20 heavy (non-hydrogen) atoms. The van der Waals surface area contributed by atoms with Gasteiger partial charge in [-0.2, -0.15) is 0 Å². The van der Waals surface area contributed by atoms with Crippen LogP contribution in [0, 0.1) is 12.3 Å². The summed E-state index contributed by atoms with van der Waals surface area (Å²) in [5.41, 5.74) is 0.0132. The quantitative estimate of drug-likeness (QED) is 0.753. The van der Waals surface area contributed by atoms with Gasteiger partial charge in [-0.1, -0.05) is 13.8 Å². The maximum atomic E-state index is 11.8. The molecule has 1 aromatic rings. The molecule has 1 heterocycles. The molecule has 0 aliphatic rings. The molecule has 3 N–H and O–H groups in total. The number of amides is 2. The molecule has 0 fully saturated rings. The Morgan fingerprint density at radius 2 is 2.05 bits per heavy atom. The van der Waals surface area contributed by atoms with E-state index in [1.54, 1.807) is 13.8 Å². The summed E-state index contributed by atoms with van der Waals surface area (Å²) in [7, 11) is 0. The van der Waals surface area contributed by atoms with Crippen LogP contribution in [-0.2, 0) is 11.2 Å². The maximum absolute atomic E-state index is 11.8. The van der Waals surface area contributed by atoms with Crippen molar-refractivity contribution in [1.82, 2.24) is 10.3 Å². The van der Waals surface area contributed by atoms with E-state index in [0.717, 1.165) is 17.0 Å². The van der Waals surface area contributed by atoms with Gasteiger partial charge in [-0.25, -0.2) is 9.78 Å². The zero-order valence-corrected chi connectivity index (χ0v) is 13.1. The van der Waals surface area contributed by atoms with Crippen LogP contribution in [0.5, 0.6) is 0 Å². The number of carboxylic acids is 1. The van der Waals surface area contributed by atoms with Crippen LogP contribution in [0.15, 0.2) is 0 Å². The molecule has 6 nitrogen and oxygen atoms in total. The van der Waals surface area contributed by atoms with E-state index in [9.17, 15) is 9.59 Å². The number of aromatic nitrogens is 1. The molecule has 0 aromatic carbocycles. The van der Waals surface area contributed by atoms with Crippen LogP contribution in [0.25, 0.3) is 0 Å². The van der Waals surface area contributed by atoms with Gasteiger partial charge in [0.1, 0.15) is 0 Å². The first-order valence-electron chi connectivity index (χ1n) is 6.57. The number of hydrogen-bond donors (Lipinski definition) is 3. The number of aliphatic carboxylic acids is 1. The molecule has 2 amide bonds. The molecule has 0 spiro atoms. The van der Waals surface area contributed by atoms with Gasteiger partial charge in [0.15, 0.2) is 5.13 Å². The Hall–Kier alpha value is -1.63. The standard InChI is InChI=1S/C13H21N3O3S/c1-5-9-8(3)20-12(15-9)16-11(19)14-7-13(4,6-2)10(17)18/h5-7H2,1-4H3,(H,17,18)(H2,14,15,16,19). The molecule has 112 valence electrons. The van der Waals surface area contributed by atoms with Gasteiger partial charge in [0.25, 0.3) is 0 Å². The predicted octanol–water partition coefficient (Wildman–Crippen LogP) is 2.64. The first-order valence-corrected chi connectivity index (χ1v) is 7.38. The van der Waals surface area contributed by atoms with E-state index in [1.807, 2.05) is 13.8 Å². The summed E-state index contributed by atoms with van der Waals surface area (Å²) in [4.78, 5) is 28.3. The zero-order valence-electron chi connectivity index (χ0n) is 12.2. The summed E-state index contributed by atoms with van der Waals surface area (Å²) in [5, 5.41) is 14.9. The van der Waals surface area contributed by atoms with E-state index in [-0.39, 0.29) is 6.54 Å². The van der Waals surface area contributed by atoms with E-state index < -0.39 is 17.4 Å². The minimum Gasteiger partial charge on any atom is -0.481 e. The molecule has 1 unspecified atom stereocenters. The Morgan fingerprint density at radius 3 is 2.50 bits per heavy atom. The Balaban J connectivity index is 2.57. The van der Waals surface area contributed by atoms with Crippen molar-refractivity contribution in [2.45, 2.75) is 40.5 Å². The van der Waals surface area contributed by atoms with E-state index in [1.165, 1.54) is 11.3 Å². The molecule has 0 saturated heterocycles. The summed E-state index contributed by atoms with van der Waals surface area (Å²) in [5.74, 6) is -0.918. The molecule has 0 bridgehead atoms. The van der Waals surface area contributed by atoms with Crippen LogP contribution in [0.1, 0.15) is 37.8 Å². The van der Waals surface area contributed by atoms with E-state index in [0.29, 0.717) is 11.6 Å². The number of nitrogens with one attached hydrogen (secondary N) is 2. The fourth-order valence-electron chi connectivity index (χ4n) is 1.58. The highest BCUT2D eigenvalue weighted by molar-refractivity contribution is 7.15. The van der Waals surface area contributed by atoms with Gasteiger partial charge in [0, 0.05) is 11.4 Å². The van der Waals surface area contributed by atoms with Crippen molar-refractivity contribution in [3.8, 4) is 0 Å². The Labute approximate surface area is 122 Å². The number of urea groups is 1. The summed E-state index contributed by atoms with van der Waals surface area (Å²) in [6.07, 6.45) is 1.26. The molecular weight excluding hydrogens is 278 g/mol. The molecule has 1 rings (SSSR count). The fraction of sp³-hybridized carbons (Fsp3) is 0.615. The number of carboxylic acid groups (broad SMARTS) is 1. The van der Waals surface area contributed by atoms with Crippen molar-refractivity contribution < 1.29 is 14.7 Å². The van der Waals surface area contributed by atoms with Gasteiger partial charge in [-0.3, -0.25) is 10.1 Å². The minimum absolute atomic E-state index is 0.0790. The summed E-state index contributed by atoms with van der Waals surface area (Å²) in [6.45, 7) is 7.43. The lowest BCUT2D eigenvalue weighted by Crippen LogP contribution is -2.42. The van der Waals surface area contributed by atoms with Gasteiger partial charge >= 0.3 is 12.0 Å². The molecule has 0 aliphatic heterocycles. The lowest BCUT2D eigenvalue weighted by atomic mass is 9.88. The molecule has 0 saturated carbocycles. The molecule has 7 heteroatoms. The second kappa shape index (κ2) is 6.69. The lowest BCUT2D eigenvalue weighted by Gasteiger charge is -2.23. The summed E-state index contributed by atoms with van der Waals surface area (Å²) in [6, 6.07) is -0.428. The first kappa shape index (κ1) is 16.4. The van der Waals surface area contributed by atoms with Crippen molar-refractivity contribution in [3.63, 3.8) is 0 Å². The van der Waals surface area contributed by atoms with Crippen LogP contribution < -0.4 is 10.6 Å². The Morgan fingerprint density at radius 1 is 1.40 bits per heavy atom. The number of thiazole rings is 1. The van der Waals surface area contributed by atoms with E-state index in [2.05, 4.69) is 15.6 Å². The Kier molecular flexibility index (Phi) is 5.50. The average Bonchev–Trinajstić information content (AvgIpc) is 2.75. The molecule has 0 radical (unpaired) electrons. The van der Waals surface area contributed by atoms with Crippen LogP contribution >= 0.6 is 11.3 Å². The number of anilines is 1. The summed E-state index contributed by atoms with van der Waals surface area (Å²) >= 11 is 1.41. The fourth-order valence-corrected chi connectivity index (χ4v) is 2.48. The normalized spacial score (nSPS) is 13.6. The summed E-state index contributed by atoms with van der Waals surface area (Å²) < 4.78 is 0. The van der Waals surface area contributed by atoms with E-state index in [4.69, 9.17) is 5.11 Å². The maximum Gasteiger partial charge on any atom is 0.321 e. The first-order chi connectivity index (χ1) is 9.32. The third-order valence-corrected chi connectivity index (χ3v) is 4.31. The highest BCUT2D eigenvalue weighted by Gasteiger charge is 2.31. The Bertz CT molecular complexity index is 501. The molecule has 1 atom stereocenters.